The third-order valence-corrected chi connectivity index (χ3v) is 3.37. The molecular weight excluding hydrogens is 252 g/mol. The highest BCUT2D eigenvalue weighted by Gasteiger charge is 2.11. The molecule has 0 aliphatic carbocycles. The summed E-state index contributed by atoms with van der Waals surface area (Å²) in [5.41, 5.74) is 10.8. The summed E-state index contributed by atoms with van der Waals surface area (Å²) in [6.07, 6.45) is 2.24. The fraction of sp³-hybridized carbons (Fsp3) is 0.571. The molecule has 0 amide bonds. The van der Waals surface area contributed by atoms with Crippen LogP contribution in [0.5, 0.6) is 0 Å². The first kappa shape index (κ1) is 15.5. The summed E-state index contributed by atoms with van der Waals surface area (Å²) in [5.74, 6) is 4.31. The Morgan fingerprint density at radius 3 is 2.53 bits per heavy atom. The number of hydrogen-bond donors (Lipinski definition) is 2. The molecule has 0 saturated carbocycles. The van der Waals surface area contributed by atoms with E-state index in [0.29, 0.717) is 5.95 Å². The molecule has 1 aromatic rings. The van der Waals surface area contributed by atoms with Crippen LogP contribution in [0.3, 0.4) is 0 Å². The molecule has 1 rings (SSSR count). The number of nitrogens with one attached hydrogen (secondary N) is 1. The van der Waals surface area contributed by atoms with E-state index in [9.17, 15) is 0 Å². The third-order valence-electron chi connectivity index (χ3n) is 2.49. The minimum Gasteiger partial charge on any atom is -0.369 e. The van der Waals surface area contributed by atoms with Gasteiger partial charge in [0.2, 0.25) is 5.95 Å². The number of aryl methyl sites for hydroxylation is 1. The van der Waals surface area contributed by atoms with Crippen LogP contribution < -0.4 is 11.1 Å². The number of hydrogen-bond acceptors (Lipinski definition) is 4. The van der Waals surface area contributed by atoms with E-state index in [4.69, 9.17) is 5.73 Å². The zero-order valence-electron chi connectivity index (χ0n) is 12.6. The highest BCUT2D eigenvalue weighted by atomic mass is 28.3. The van der Waals surface area contributed by atoms with Gasteiger partial charge in [0.05, 0.1) is 11.3 Å². The van der Waals surface area contributed by atoms with Gasteiger partial charge in [0, 0.05) is 6.54 Å². The van der Waals surface area contributed by atoms with Gasteiger partial charge in [-0.1, -0.05) is 38.9 Å². The number of unbranched alkanes of at least 4 members (excludes halogenated alkanes) is 1. The van der Waals surface area contributed by atoms with Crippen molar-refractivity contribution in [2.45, 2.75) is 46.3 Å². The topological polar surface area (TPSA) is 63.8 Å². The molecule has 104 valence electrons. The lowest BCUT2D eigenvalue weighted by Gasteiger charge is -2.10. The van der Waals surface area contributed by atoms with Crippen LogP contribution in [0.15, 0.2) is 0 Å². The molecular formula is C14H24N4Si. The van der Waals surface area contributed by atoms with Crippen LogP contribution in [0.25, 0.3) is 0 Å². The van der Waals surface area contributed by atoms with Gasteiger partial charge in [0.15, 0.2) is 0 Å². The van der Waals surface area contributed by atoms with Crippen LogP contribution in [0.1, 0.15) is 31.0 Å². The van der Waals surface area contributed by atoms with Crippen LogP contribution in [-0.2, 0) is 0 Å². The lowest BCUT2D eigenvalue weighted by atomic mass is 10.2. The summed E-state index contributed by atoms with van der Waals surface area (Å²) >= 11 is 0. The van der Waals surface area contributed by atoms with Gasteiger partial charge in [-0.05, 0) is 13.3 Å². The Kier molecular flexibility index (Phi) is 5.37. The van der Waals surface area contributed by atoms with E-state index in [2.05, 4.69) is 53.3 Å². The zero-order chi connectivity index (χ0) is 14.5. The van der Waals surface area contributed by atoms with Gasteiger partial charge in [-0.2, -0.15) is 4.98 Å². The fourth-order valence-electron chi connectivity index (χ4n) is 1.51. The maximum absolute atomic E-state index is 5.71. The third kappa shape index (κ3) is 5.31. The summed E-state index contributed by atoms with van der Waals surface area (Å²) in [4.78, 5) is 8.48. The number of nitrogens with two attached hydrogens (primary N) is 1. The maximum Gasteiger partial charge on any atom is 0.222 e. The molecule has 19 heavy (non-hydrogen) atoms. The molecule has 0 bridgehead atoms. The van der Waals surface area contributed by atoms with Gasteiger partial charge in [-0.25, -0.2) is 4.98 Å². The average Bonchev–Trinajstić information content (AvgIpc) is 2.26. The largest absolute Gasteiger partial charge is 0.369 e. The van der Waals surface area contributed by atoms with Crippen molar-refractivity contribution < 1.29 is 0 Å². The first-order valence-corrected chi connectivity index (χ1v) is 10.2. The summed E-state index contributed by atoms with van der Waals surface area (Å²) in [5, 5.41) is 3.31. The van der Waals surface area contributed by atoms with Crippen LogP contribution >= 0.6 is 0 Å². The molecule has 0 fully saturated rings. The molecule has 0 aromatic carbocycles. The molecule has 0 spiro atoms. The summed E-state index contributed by atoms with van der Waals surface area (Å²) in [6.45, 7) is 11.6. The summed E-state index contributed by atoms with van der Waals surface area (Å²) in [6, 6.07) is 0. The molecule has 0 saturated heterocycles. The summed E-state index contributed by atoms with van der Waals surface area (Å²) in [7, 11) is -1.41. The molecule has 1 heterocycles. The number of aromatic nitrogens is 2. The smallest absolute Gasteiger partial charge is 0.222 e. The van der Waals surface area contributed by atoms with E-state index in [1.54, 1.807) is 0 Å². The van der Waals surface area contributed by atoms with Gasteiger partial charge in [0.1, 0.15) is 13.9 Å². The Morgan fingerprint density at radius 2 is 1.95 bits per heavy atom. The van der Waals surface area contributed by atoms with E-state index in [1.165, 1.54) is 0 Å². The SMILES string of the molecule is CCCCNc1nc(N)nc(C)c1C#C[Si](C)(C)C. The highest BCUT2D eigenvalue weighted by molar-refractivity contribution is 6.83. The lowest BCUT2D eigenvalue weighted by Crippen LogP contribution is -2.17. The van der Waals surface area contributed by atoms with Gasteiger partial charge in [0.25, 0.3) is 0 Å². The van der Waals surface area contributed by atoms with Crippen LogP contribution in [0.4, 0.5) is 11.8 Å². The molecule has 4 nitrogen and oxygen atoms in total. The number of nitrogen functional groups attached to an aromatic ring is 1. The lowest BCUT2D eigenvalue weighted by molar-refractivity contribution is 0.830. The molecule has 3 N–H and O–H groups in total. The van der Waals surface area contributed by atoms with Crippen molar-refractivity contribution in [2.24, 2.45) is 0 Å². The van der Waals surface area contributed by atoms with E-state index in [0.717, 1.165) is 36.5 Å². The minimum absolute atomic E-state index is 0.301. The van der Waals surface area contributed by atoms with E-state index in [-0.39, 0.29) is 0 Å². The number of anilines is 2. The van der Waals surface area contributed by atoms with Gasteiger partial charge in [-0.3, -0.25) is 0 Å². The van der Waals surface area contributed by atoms with Crippen molar-refractivity contribution in [3.05, 3.63) is 11.3 Å². The Balaban J connectivity index is 3.08. The first-order chi connectivity index (χ1) is 8.83. The quantitative estimate of drug-likeness (QED) is 0.504. The van der Waals surface area contributed by atoms with Crippen molar-refractivity contribution in [2.75, 3.05) is 17.6 Å². The Labute approximate surface area is 117 Å². The Bertz CT molecular complexity index is 495. The van der Waals surface area contributed by atoms with E-state index < -0.39 is 8.07 Å². The molecule has 0 radical (unpaired) electrons. The predicted octanol–water partition coefficient (Wildman–Crippen LogP) is 2.81. The molecule has 0 unspecified atom stereocenters. The highest BCUT2D eigenvalue weighted by Crippen LogP contribution is 2.16. The van der Waals surface area contributed by atoms with E-state index >= 15 is 0 Å². The van der Waals surface area contributed by atoms with Crippen LogP contribution in [-0.4, -0.2) is 24.6 Å². The Hall–Kier alpha value is -1.54. The van der Waals surface area contributed by atoms with Crippen molar-refractivity contribution in [1.29, 1.82) is 0 Å². The molecule has 0 aliphatic heterocycles. The van der Waals surface area contributed by atoms with Gasteiger partial charge >= 0.3 is 0 Å². The second-order valence-electron chi connectivity index (χ2n) is 5.67. The van der Waals surface area contributed by atoms with Crippen LogP contribution in [0, 0.1) is 18.4 Å². The first-order valence-electron chi connectivity index (χ1n) is 6.74. The number of rotatable bonds is 4. The zero-order valence-corrected chi connectivity index (χ0v) is 13.6. The second-order valence-corrected chi connectivity index (χ2v) is 10.4. The van der Waals surface area contributed by atoms with E-state index in [1.807, 2.05) is 6.92 Å². The minimum atomic E-state index is -1.41. The fourth-order valence-corrected chi connectivity index (χ4v) is 2.01. The molecule has 0 aliphatic rings. The summed E-state index contributed by atoms with van der Waals surface area (Å²) < 4.78 is 0. The second kappa shape index (κ2) is 6.57. The normalized spacial score (nSPS) is 10.8. The van der Waals surface area contributed by atoms with Gasteiger partial charge in [-0.15, -0.1) is 5.54 Å². The van der Waals surface area contributed by atoms with Crippen LogP contribution in [0.2, 0.25) is 19.6 Å². The number of nitrogens with zero attached hydrogens (tertiary/aromatic N) is 2. The van der Waals surface area contributed by atoms with Crippen molar-refractivity contribution >= 4 is 19.8 Å². The molecule has 5 heteroatoms. The molecule has 1 aromatic heterocycles. The van der Waals surface area contributed by atoms with Crippen molar-refractivity contribution in [3.63, 3.8) is 0 Å². The van der Waals surface area contributed by atoms with Crippen molar-refractivity contribution in [3.8, 4) is 11.5 Å². The van der Waals surface area contributed by atoms with Crippen molar-refractivity contribution in [1.82, 2.24) is 9.97 Å². The van der Waals surface area contributed by atoms with Gasteiger partial charge < -0.3 is 11.1 Å². The standard InChI is InChI=1S/C14H24N4Si/c1-6-7-9-16-13-12(8-10-19(3,4)5)11(2)17-14(15)18-13/h6-7,9H2,1-5H3,(H3,15,16,17,18). The average molecular weight is 276 g/mol. The maximum atomic E-state index is 5.71. The Morgan fingerprint density at radius 1 is 1.26 bits per heavy atom. The monoisotopic (exact) mass is 276 g/mol. The predicted molar refractivity (Wildman–Crippen MR) is 84.8 cm³/mol. The molecule has 0 atom stereocenters.